The topological polar surface area (TPSA) is 49.8 Å². The molecule has 17 heavy (non-hydrogen) atoms. The fourth-order valence-corrected chi connectivity index (χ4v) is 0.696. The molecule has 0 aliphatic carbocycles. The summed E-state index contributed by atoms with van der Waals surface area (Å²) in [7, 11) is 2.11. The van der Waals surface area contributed by atoms with Crippen molar-refractivity contribution in [2.45, 2.75) is 46.5 Å². The van der Waals surface area contributed by atoms with Gasteiger partial charge in [0, 0.05) is 19.6 Å². The number of ether oxygens (including phenoxy) is 1. The number of carbonyl (C=O) groups is 1. The molecule has 1 N–H and O–H groups in total. The van der Waals surface area contributed by atoms with Crippen molar-refractivity contribution in [3.8, 4) is 0 Å². The van der Waals surface area contributed by atoms with Crippen molar-refractivity contribution in [2.24, 2.45) is 0 Å². The van der Waals surface area contributed by atoms with Crippen LogP contribution in [0.1, 0.15) is 46.5 Å². The molecule has 4 nitrogen and oxygen atoms in total. The highest BCUT2D eigenvalue weighted by atomic mass is 16.5. The number of hydrogen-bond acceptors (Lipinski definition) is 3. The Kier molecular flexibility index (Phi) is 17.0. The SMILES string of the molecule is C1COC1.CCCCC(=O)O.CCN(C)CC. The van der Waals surface area contributed by atoms with Crippen molar-refractivity contribution >= 4 is 5.97 Å². The van der Waals surface area contributed by atoms with E-state index in [1.807, 2.05) is 6.92 Å². The largest absolute Gasteiger partial charge is 0.481 e. The van der Waals surface area contributed by atoms with Gasteiger partial charge in [-0.05, 0) is 33.0 Å². The maximum atomic E-state index is 9.76. The highest BCUT2D eigenvalue weighted by Gasteiger charge is 1.94. The number of rotatable bonds is 5. The first kappa shape index (κ1) is 18.7. The highest BCUT2D eigenvalue weighted by molar-refractivity contribution is 5.66. The number of carboxylic acids is 1. The Labute approximate surface area is 106 Å². The van der Waals surface area contributed by atoms with Crippen LogP contribution in [0.4, 0.5) is 0 Å². The Morgan fingerprint density at radius 1 is 1.24 bits per heavy atom. The van der Waals surface area contributed by atoms with Gasteiger partial charge in [-0.15, -0.1) is 0 Å². The van der Waals surface area contributed by atoms with Gasteiger partial charge in [0.2, 0.25) is 0 Å². The molecule has 0 aromatic rings. The van der Waals surface area contributed by atoms with Crippen LogP contribution >= 0.6 is 0 Å². The van der Waals surface area contributed by atoms with Gasteiger partial charge in [-0.25, -0.2) is 0 Å². The molecule has 1 aliphatic heterocycles. The fraction of sp³-hybridized carbons (Fsp3) is 0.923. The first-order valence-electron chi connectivity index (χ1n) is 6.56. The molecular formula is C13H29NO3. The van der Waals surface area contributed by atoms with Crippen molar-refractivity contribution in [1.29, 1.82) is 0 Å². The van der Waals surface area contributed by atoms with Crippen molar-refractivity contribution in [1.82, 2.24) is 4.90 Å². The molecule has 0 aromatic carbocycles. The lowest BCUT2D eigenvalue weighted by atomic mass is 10.3. The number of nitrogens with zero attached hydrogens (tertiary/aromatic N) is 1. The Bertz CT molecular complexity index is 151. The second kappa shape index (κ2) is 15.4. The summed E-state index contributed by atoms with van der Waals surface area (Å²) < 4.78 is 4.72. The van der Waals surface area contributed by atoms with E-state index in [4.69, 9.17) is 9.84 Å². The Morgan fingerprint density at radius 2 is 1.65 bits per heavy atom. The van der Waals surface area contributed by atoms with Crippen molar-refractivity contribution in [3.05, 3.63) is 0 Å². The van der Waals surface area contributed by atoms with Crippen LogP contribution in [-0.2, 0) is 9.53 Å². The fourth-order valence-electron chi connectivity index (χ4n) is 0.696. The molecule has 0 saturated carbocycles. The van der Waals surface area contributed by atoms with Crippen LogP contribution in [0, 0.1) is 0 Å². The molecule has 0 radical (unpaired) electrons. The van der Waals surface area contributed by atoms with Crippen molar-refractivity contribution in [2.75, 3.05) is 33.4 Å². The minimum Gasteiger partial charge on any atom is -0.481 e. The monoisotopic (exact) mass is 247 g/mol. The zero-order valence-corrected chi connectivity index (χ0v) is 11.9. The molecule has 1 rings (SSSR count). The van der Waals surface area contributed by atoms with Gasteiger partial charge in [0.1, 0.15) is 0 Å². The number of carboxylic acid groups (broad SMARTS) is 1. The van der Waals surface area contributed by atoms with Crippen LogP contribution in [-0.4, -0.2) is 49.3 Å². The van der Waals surface area contributed by atoms with E-state index in [1.165, 1.54) is 6.42 Å². The molecule has 0 atom stereocenters. The lowest BCUT2D eigenvalue weighted by Crippen LogP contribution is -2.15. The van der Waals surface area contributed by atoms with Gasteiger partial charge < -0.3 is 14.7 Å². The maximum Gasteiger partial charge on any atom is 0.303 e. The molecule has 0 aromatic heterocycles. The summed E-state index contributed by atoms with van der Waals surface area (Å²) in [6.07, 6.45) is 3.36. The summed E-state index contributed by atoms with van der Waals surface area (Å²) >= 11 is 0. The third-order valence-corrected chi connectivity index (χ3v) is 2.40. The summed E-state index contributed by atoms with van der Waals surface area (Å²) in [6.45, 7) is 10.6. The van der Waals surface area contributed by atoms with Gasteiger partial charge >= 0.3 is 5.97 Å². The van der Waals surface area contributed by atoms with Crippen LogP contribution in [0.5, 0.6) is 0 Å². The number of aliphatic carboxylic acids is 1. The molecule has 0 amide bonds. The Balaban J connectivity index is 0. The van der Waals surface area contributed by atoms with Gasteiger partial charge in [0.15, 0.2) is 0 Å². The van der Waals surface area contributed by atoms with Gasteiger partial charge in [0.25, 0.3) is 0 Å². The number of unbranched alkanes of at least 4 members (excludes halogenated alkanes) is 1. The smallest absolute Gasteiger partial charge is 0.303 e. The Hall–Kier alpha value is -0.610. The lowest BCUT2D eigenvalue weighted by Gasteiger charge is -2.09. The van der Waals surface area contributed by atoms with Crippen LogP contribution in [0.15, 0.2) is 0 Å². The van der Waals surface area contributed by atoms with Crippen LogP contribution < -0.4 is 0 Å². The van der Waals surface area contributed by atoms with Crippen molar-refractivity contribution < 1.29 is 14.6 Å². The van der Waals surface area contributed by atoms with Gasteiger partial charge in [-0.1, -0.05) is 27.2 Å². The van der Waals surface area contributed by atoms with E-state index in [0.717, 1.165) is 39.1 Å². The molecule has 0 bridgehead atoms. The van der Waals surface area contributed by atoms with Crippen LogP contribution in [0.25, 0.3) is 0 Å². The Morgan fingerprint density at radius 3 is 1.71 bits per heavy atom. The van der Waals surface area contributed by atoms with Crippen molar-refractivity contribution in [3.63, 3.8) is 0 Å². The normalized spacial score (nSPS) is 12.8. The zero-order chi connectivity index (χ0) is 13.5. The maximum absolute atomic E-state index is 9.76. The highest BCUT2D eigenvalue weighted by Crippen LogP contribution is 1.93. The van der Waals surface area contributed by atoms with E-state index in [0.29, 0.717) is 6.42 Å². The van der Waals surface area contributed by atoms with E-state index in [9.17, 15) is 4.79 Å². The van der Waals surface area contributed by atoms with Gasteiger partial charge in [0.05, 0.1) is 0 Å². The van der Waals surface area contributed by atoms with Gasteiger partial charge in [-0.3, -0.25) is 4.79 Å². The molecule has 0 unspecified atom stereocenters. The van der Waals surface area contributed by atoms with Crippen LogP contribution in [0.3, 0.4) is 0 Å². The molecule has 1 fully saturated rings. The molecule has 1 aliphatic rings. The molecular weight excluding hydrogens is 218 g/mol. The average molecular weight is 247 g/mol. The summed E-state index contributed by atoms with van der Waals surface area (Å²) in [5, 5.41) is 8.04. The third-order valence-electron chi connectivity index (χ3n) is 2.40. The minimum atomic E-state index is -0.693. The van der Waals surface area contributed by atoms with E-state index in [-0.39, 0.29) is 0 Å². The molecule has 0 spiro atoms. The quantitative estimate of drug-likeness (QED) is 0.811. The summed E-state index contributed by atoms with van der Waals surface area (Å²) in [6, 6.07) is 0. The predicted octanol–water partition coefficient (Wildman–Crippen LogP) is 2.63. The molecule has 1 heterocycles. The zero-order valence-electron chi connectivity index (χ0n) is 11.9. The van der Waals surface area contributed by atoms with Gasteiger partial charge in [-0.2, -0.15) is 0 Å². The average Bonchev–Trinajstić information content (AvgIpc) is 2.23. The summed E-state index contributed by atoms with van der Waals surface area (Å²) in [5.74, 6) is -0.693. The second-order valence-electron chi connectivity index (χ2n) is 3.95. The minimum absolute atomic E-state index is 0.316. The first-order valence-corrected chi connectivity index (χ1v) is 6.56. The third kappa shape index (κ3) is 21.3. The van der Waals surface area contributed by atoms with E-state index < -0.39 is 5.97 Å². The predicted molar refractivity (Wildman–Crippen MR) is 71.4 cm³/mol. The summed E-state index contributed by atoms with van der Waals surface area (Å²) in [4.78, 5) is 12.0. The van der Waals surface area contributed by atoms with Crippen LogP contribution in [0.2, 0.25) is 0 Å². The molecule has 1 saturated heterocycles. The lowest BCUT2D eigenvalue weighted by molar-refractivity contribution is -0.137. The summed E-state index contributed by atoms with van der Waals surface area (Å²) in [5.41, 5.74) is 0. The molecule has 4 heteroatoms. The second-order valence-corrected chi connectivity index (χ2v) is 3.95. The standard InChI is InChI=1S/C5H13N.C5H10O2.C3H6O/c1-4-6(3)5-2;1-2-3-4-5(6)7;1-2-4-3-1/h4-5H2,1-3H3;2-4H2,1H3,(H,6,7);1-3H2. The first-order chi connectivity index (χ1) is 8.08. The van der Waals surface area contributed by atoms with E-state index in [1.54, 1.807) is 0 Å². The number of hydrogen-bond donors (Lipinski definition) is 1. The molecule has 104 valence electrons. The van der Waals surface area contributed by atoms with E-state index >= 15 is 0 Å². The van der Waals surface area contributed by atoms with E-state index in [2.05, 4.69) is 25.8 Å².